The maximum absolute atomic E-state index is 5.87. The van der Waals surface area contributed by atoms with E-state index in [1.165, 1.54) is 0 Å². The zero-order valence-electron chi connectivity index (χ0n) is 25.7. The van der Waals surface area contributed by atoms with Gasteiger partial charge in [0.25, 0.3) is 0 Å². The maximum atomic E-state index is 5.87. The molecule has 0 aliphatic rings. The van der Waals surface area contributed by atoms with Crippen LogP contribution in [0.5, 0.6) is 57.5 Å². The molecule has 0 N–H and O–H groups in total. The zero-order valence-corrected chi connectivity index (χ0v) is 25.7. The van der Waals surface area contributed by atoms with Crippen molar-refractivity contribution in [1.82, 2.24) is 0 Å². The number of ether oxygens (including phenoxy) is 10. The highest BCUT2D eigenvalue weighted by atomic mass is 16.5. The fourth-order valence-corrected chi connectivity index (χ4v) is 4.54. The summed E-state index contributed by atoms with van der Waals surface area (Å²) in [7, 11) is 15.7. The summed E-state index contributed by atoms with van der Waals surface area (Å²) in [6.45, 7) is 0. The molecule has 0 heterocycles. The lowest BCUT2D eigenvalue weighted by Gasteiger charge is -2.21. The van der Waals surface area contributed by atoms with E-state index in [4.69, 9.17) is 47.4 Å². The Morgan fingerprint density at radius 3 is 0.738 bits per heavy atom. The van der Waals surface area contributed by atoms with Gasteiger partial charge in [0.1, 0.15) is 34.5 Å². The van der Waals surface area contributed by atoms with Crippen LogP contribution in [0.15, 0.2) is 24.3 Å². The van der Waals surface area contributed by atoms with Crippen molar-refractivity contribution in [1.29, 1.82) is 0 Å². The SMILES string of the molecule is COc1cc(OC)c(/C=C/c2c(OC)c(OC)c(/C=C/c3c(OC)cc(OC)cc3OC)c(OC)c2OC)c(OC)c1. The Balaban J connectivity index is 2.28. The average molecular weight is 583 g/mol. The average Bonchev–Trinajstić information content (AvgIpc) is 3.04. The van der Waals surface area contributed by atoms with Gasteiger partial charge in [0.2, 0.25) is 0 Å². The van der Waals surface area contributed by atoms with Crippen LogP contribution >= 0.6 is 0 Å². The number of benzene rings is 3. The molecule has 0 atom stereocenters. The van der Waals surface area contributed by atoms with Crippen LogP contribution in [-0.4, -0.2) is 71.1 Å². The molecule has 42 heavy (non-hydrogen) atoms. The Labute approximate surface area is 246 Å². The van der Waals surface area contributed by atoms with Crippen LogP contribution in [-0.2, 0) is 0 Å². The first-order chi connectivity index (χ1) is 20.4. The minimum atomic E-state index is 0.422. The minimum Gasteiger partial charge on any atom is -0.496 e. The predicted octanol–water partition coefficient (Wildman–Crippen LogP) is 6.11. The molecule has 0 unspecified atom stereocenters. The van der Waals surface area contributed by atoms with Gasteiger partial charge in [-0.3, -0.25) is 0 Å². The molecule has 10 nitrogen and oxygen atoms in total. The van der Waals surface area contributed by atoms with E-state index < -0.39 is 0 Å². The minimum absolute atomic E-state index is 0.422. The molecule has 0 fully saturated rings. The van der Waals surface area contributed by atoms with Gasteiger partial charge in [-0.25, -0.2) is 0 Å². The van der Waals surface area contributed by atoms with E-state index in [9.17, 15) is 0 Å². The van der Waals surface area contributed by atoms with E-state index in [-0.39, 0.29) is 0 Å². The highest BCUT2D eigenvalue weighted by Crippen LogP contribution is 2.51. The van der Waals surface area contributed by atoms with Gasteiger partial charge in [-0.15, -0.1) is 0 Å². The van der Waals surface area contributed by atoms with Crippen molar-refractivity contribution < 1.29 is 47.4 Å². The molecule has 0 spiro atoms. The van der Waals surface area contributed by atoms with Crippen LogP contribution in [0.1, 0.15) is 22.3 Å². The molecule has 0 bridgehead atoms. The first-order valence-corrected chi connectivity index (χ1v) is 12.8. The van der Waals surface area contributed by atoms with Gasteiger partial charge >= 0.3 is 0 Å². The molecule has 226 valence electrons. The molecule has 10 heteroatoms. The third-order valence-electron chi connectivity index (χ3n) is 6.55. The van der Waals surface area contributed by atoms with Crippen LogP contribution in [0.2, 0.25) is 0 Å². The van der Waals surface area contributed by atoms with Crippen LogP contribution < -0.4 is 47.4 Å². The second-order valence-corrected chi connectivity index (χ2v) is 8.52. The quantitative estimate of drug-likeness (QED) is 0.207. The van der Waals surface area contributed by atoms with Gasteiger partial charge in [-0.2, -0.15) is 0 Å². The molecule has 0 aromatic heterocycles. The smallest absolute Gasteiger partial charge is 0.172 e. The Hall–Kier alpha value is -4.86. The van der Waals surface area contributed by atoms with Crippen molar-refractivity contribution in [2.75, 3.05) is 71.1 Å². The second kappa shape index (κ2) is 14.7. The fraction of sp³-hybridized carbons (Fsp3) is 0.312. The van der Waals surface area contributed by atoms with Crippen LogP contribution in [0.3, 0.4) is 0 Å². The number of methoxy groups -OCH3 is 10. The summed E-state index contributed by atoms with van der Waals surface area (Å²) in [5.74, 6) is 5.11. The maximum Gasteiger partial charge on any atom is 0.172 e. The monoisotopic (exact) mass is 582 g/mol. The first-order valence-electron chi connectivity index (χ1n) is 12.8. The molecule has 0 radical (unpaired) electrons. The fourth-order valence-electron chi connectivity index (χ4n) is 4.54. The van der Waals surface area contributed by atoms with Gasteiger partial charge in [0.15, 0.2) is 23.0 Å². The summed E-state index contributed by atoms with van der Waals surface area (Å²) in [4.78, 5) is 0. The summed E-state index contributed by atoms with van der Waals surface area (Å²) >= 11 is 0. The van der Waals surface area contributed by atoms with Gasteiger partial charge in [-0.1, -0.05) is 0 Å². The van der Waals surface area contributed by atoms with Crippen molar-refractivity contribution in [2.45, 2.75) is 0 Å². The second-order valence-electron chi connectivity index (χ2n) is 8.52. The molecule has 0 saturated carbocycles. The molecular weight excluding hydrogens is 544 g/mol. The third kappa shape index (κ3) is 6.22. The molecule has 3 rings (SSSR count). The molecule has 0 aliphatic carbocycles. The van der Waals surface area contributed by atoms with Crippen molar-refractivity contribution in [3.8, 4) is 57.5 Å². The van der Waals surface area contributed by atoms with E-state index in [1.807, 2.05) is 24.3 Å². The summed E-state index contributed by atoms with van der Waals surface area (Å²) in [5, 5.41) is 0. The number of rotatable bonds is 14. The Kier molecular flexibility index (Phi) is 11.1. The van der Waals surface area contributed by atoms with Crippen LogP contribution in [0.25, 0.3) is 24.3 Å². The van der Waals surface area contributed by atoms with Crippen LogP contribution in [0.4, 0.5) is 0 Å². The van der Waals surface area contributed by atoms with Gasteiger partial charge in [-0.05, 0) is 24.3 Å². The van der Waals surface area contributed by atoms with Crippen molar-refractivity contribution in [3.63, 3.8) is 0 Å². The van der Waals surface area contributed by atoms with Gasteiger partial charge in [0.05, 0.1) is 93.4 Å². The lowest BCUT2D eigenvalue weighted by molar-refractivity contribution is 0.327. The van der Waals surface area contributed by atoms with Gasteiger partial charge in [0, 0.05) is 24.3 Å². The molecule has 3 aromatic rings. The predicted molar refractivity (Wildman–Crippen MR) is 163 cm³/mol. The summed E-state index contributed by atoms with van der Waals surface area (Å²) in [5.41, 5.74) is 2.52. The van der Waals surface area contributed by atoms with E-state index >= 15 is 0 Å². The molecular formula is C32H38O10. The van der Waals surface area contributed by atoms with E-state index in [0.29, 0.717) is 79.7 Å². The van der Waals surface area contributed by atoms with Gasteiger partial charge < -0.3 is 47.4 Å². The largest absolute Gasteiger partial charge is 0.496 e. The zero-order chi connectivity index (χ0) is 30.8. The normalized spacial score (nSPS) is 10.9. The lowest BCUT2D eigenvalue weighted by atomic mass is 10.0. The summed E-state index contributed by atoms with van der Waals surface area (Å²) in [6.07, 6.45) is 7.30. The Bertz CT molecular complexity index is 1250. The van der Waals surface area contributed by atoms with Crippen molar-refractivity contribution >= 4 is 24.3 Å². The first kappa shape index (κ1) is 31.7. The summed E-state index contributed by atoms with van der Waals surface area (Å²) in [6, 6.07) is 7.09. The summed E-state index contributed by atoms with van der Waals surface area (Å²) < 4.78 is 56.6. The highest BCUT2D eigenvalue weighted by molar-refractivity contribution is 5.89. The Morgan fingerprint density at radius 1 is 0.310 bits per heavy atom. The van der Waals surface area contributed by atoms with E-state index in [1.54, 1.807) is 95.4 Å². The standard InChI is InChI=1S/C32H38O10/c1-33-19-15-25(35-3)21(26(16-19)36-4)11-13-23-29(39-7)31(41-9)24(32(42-10)30(23)40-8)14-12-22-27(37-5)17-20(34-2)18-28(22)38-6/h11-18H,1-10H3/b13-11+,14-12+. The molecule has 0 aliphatic heterocycles. The van der Waals surface area contributed by atoms with E-state index in [2.05, 4.69) is 0 Å². The number of hydrogen-bond donors (Lipinski definition) is 0. The highest BCUT2D eigenvalue weighted by Gasteiger charge is 2.26. The topological polar surface area (TPSA) is 92.3 Å². The van der Waals surface area contributed by atoms with Crippen molar-refractivity contribution in [3.05, 3.63) is 46.5 Å². The molecule has 0 saturated heterocycles. The van der Waals surface area contributed by atoms with Crippen LogP contribution in [0, 0.1) is 0 Å². The molecule has 0 amide bonds. The number of hydrogen-bond acceptors (Lipinski definition) is 10. The lowest BCUT2D eigenvalue weighted by Crippen LogP contribution is -2.03. The van der Waals surface area contributed by atoms with E-state index in [0.717, 1.165) is 0 Å². The molecule has 3 aromatic carbocycles. The van der Waals surface area contributed by atoms with Crippen molar-refractivity contribution in [2.24, 2.45) is 0 Å². The third-order valence-corrected chi connectivity index (χ3v) is 6.55. The Morgan fingerprint density at radius 2 is 0.548 bits per heavy atom.